The van der Waals surface area contributed by atoms with Crippen molar-refractivity contribution in [2.75, 3.05) is 26.2 Å². The number of aromatic amines is 1. The third-order valence-corrected chi connectivity index (χ3v) is 7.02. The van der Waals surface area contributed by atoms with Crippen LogP contribution in [-0.2, 0) is 0 Å². The Kier molecular flexibility index (Phi) is 4.92. The maximum Gasteiger partial charge on any atom is 0.272 e. The molecule has 174 valence electrons. The van der Waals surface area contributed by atoms with Crippen molar-refractivity contribution < 1.29 is 13.9 Å². The minimum absolute atomic E-state index is 0.258. The SMILES string of the molecule is O=c1[nH]c2cc(C(O)NCCN3CC(F)(F)C3)cnc2c2nn3cc(-c4ccncc4)sc3c12. The van der Waals surface area contributed by atoms with E-state index < -0.39 is 12.2 Å². The molecule has 6 heterocycles. The molecule has 0 aliphatic carbocycles. The maximum absolute atomic E-state index is 12.9. The standard InChI is InChI=1S/C22H19F2N7O2S/c23-22(24)10-30(11-22)6-5-26-19(32)13-7-14-17(27-8-13)18-16(20(33)28-14)21-31(29-18)9-15(34-21)12-1-3-25-4-2-12/h1-4,7-9,19,26,32H,5-6,10-11H2,(H,28,33). The van der Waals surface area contributed by atoms with Gasteiger partial charge in [-0.05, 0) is 23.8 Å². The van der Waals surface area contributed by atoms with E-state index in [1.807, 2.05) is 18.3 Å². The lowest BCUT2D eigenvalue weighted by atomic mass is 10.1. The van der Waals surface area contributed by atoms with Crippen molar-refractivity contribution in [3.05, 3.63) is 58.9 Å². The van der Waals surface area contributed by atoms with Gasteiger partial charge in [-0.2, -0.15) is 5.10 Å². The minimum Gasteiger partial charge on any atom is -0.374 e. The number of thiazole rings is 1. The van der Waals surface area contributed by atoms with Crippen molar-refractivity contribution >= 4 is 38.1 Å². The third-order valence-electron chi connectivity index (χ3n) is 5.88. The molecule has 1 fully saturated rings. The number of aliphatic hydroxyl groups is 1. The number of nitrogens with one attached hydrogen (secondary N) is 2. The van der Waals surface area contributed by atoms with Crippen molar-refractivity contribution in [3.63, 3.8) is 0 Å². The first kappa shape index (κ1) is 21.2. The number of pyridine rings is 3. The Balaban J connectivity index is 1.28. The molecule has 1 atom stereocenters. The number of aromatic nitrogens is 5. The molecule has 1 aliphatic heterocycles. The zero-order chi connectivity index (χ0) is 23.4. The quantitative estimate of drug-likeness (QED) is 0.318. The summed E-state index contributed by atoms with van der Waals surface area (Å²) in [6.45, 7) is 0.220. The number of rotatable bonds is 6. The van der Waals surface area contributed by atoms with Crippen molar-refractivity contribution in [3.8, 4) is 10.4 Å². The van der Waals surface area contributed by atoms with Gasteiger partial charge in [0.1, 0.15) is 27.5 Å². The summed E-state index contributed by atoms with van der Waals surface area (Å²) < 4.78 is 27.5. The highest BCUT2D eigenvalue weighted by Crippen LogP contribution is 2.33. The fraction of sp³-hybridized carbons (Fsp3) is 0.273. The van der Waals surface area contributed by atoms with Crippen LogP contribution in [0.5, 0.6) is 0 Å². The summed E-state index contributed by atoms with van der Waals surface area (Å²) in [6.07, 6.45) is 5.77. The first-order valence-corrected chi connectivity index (χ1v) is 11.5. The van der Waals surface area contributed by atoms with Gasteiger partial charge in [0.05, 0.1) is 23.5 Å². The molecule has 0 saturated carbocycles. The summed E-state index contributed by atoms with van der Waals surface area (Å²) in [5.41, 5.74) is 2.62. The number of nitrogens with zero attached hydrogens (tertiary/aromatic N) is 5. The summed E-state index contributed by atoms with van der Waals surface area (Å²) in [7, 11) is 0. The molecule has 9 nitrogen and oxygen atoms in total. The van der Waals surface area contributed by atoms with E-state index in [1.165, 1.54) is 17.5 Å². The van der Waals surface area contributed by atoms with Gasteiger partial charge in [-0.25, -0.2) is 13.3 Å². The minimum atomic E-state index is -2.61. The number of aliphatic hydroxyl groups excluding tert-OH is 1. The summed E-state index contributed by atoms with van der Waals surface area (Å²) in [4.78, 5) is 27.6. The van der Waals surface area contributed by atoms with Crippen LogP contribution in [0, 0.1) is 0 Å². The van der Waals surface area contributed by atoms with Crippen LogP contribution in [0.25, 0.3) is 37.2 Å². The average molecular weight is 484 g/mol. The highest BCUT2D eigenvalue weighted by molar-refractivity contribution is 7.21. The summed E-state index contributed by atoms with van der Waals surface area (Å²) in [6, 6.07) is 5.44. The van der Waals surface area contributed by atoms with E-state index in [4.69, 9.17) is 0 Å². The second kappa shape index (κ2) is 7.87. The van der Waals surface area contributed by atoms with Crippen molar-refractivity contribution in [1.29, 1.82) is 0 Å². The van der Waals surface area contributed by atoms with Crippen LogP contribution >= 0.6 is 11.3 Å². The molecule has 5 aromatic rings. The molecule has 1 aliphatic rings. The number of likely N-dealkylation sites (tertiary alicyclic amines) is 1. The molecule has 3 N–H and O–H groups in total. The lowest BCUT2D eigenvalue weighted by Gasteiger charge is -2.38. The van der Waals surface area contributed by atoms with Gasteiger partial charge in [0.2, 0.25) is 0 Å². The fourth-order valence-corrected chi connectivity index (χ4v) is 5.30. The number of alkyl halides is 2. The smallest absolute Gasteiger partial charge is 0.272 e. The van der Waals surface area contributed by atoms with Crippen molar-refractivity contribution in [2.45, 2.75) is 12.2 Å². The van der Waals surface area contributed by atoms with Crippen molar-refractivity contribution in [1.82, 2.24) is 34.8 Å². The zero-order valence-corrected chi connectivity index (χ0v) is 18.5. The Labute approximate surface area is 194 Å². The van der Waals surface area contributed by atoms with E-state index in [0.717, 1.165) is 10.4 Å². The predicted octanol–water partition coefficient (Wildman–Crippen LogP) is 2.38. The molecule has 0 bridgehead atoms. The number of hydrogen-bond donors (Lipinski definition) is 3. The van der Waals surface area contributed by atoms with Gasteiger partial charge >= 0.3 is 0 Å². The Morgan fingerprint density at radius 1 is 1.26 bits per heavy atom. The van der Waals surface area contributed by atoms with Gasteiger partial charge in [-0.15, -0.1) is 11.3 Å². The van der Waals surface area contributed by atoms with Crippen LogP contribution in [0.2, 0.25) is 0 Å². The molecule has 0 spiro atoms. The lowest BCUT2D eigenvalue weighted by molar-refractivity contribution is -0.130. The summed E-state index contributed by atoms with van der Waals surface area (Å²) in [5, 5.41) is 18.4. The van der Waals surface area contributed by atoms with E-state index in [-0.39, 0.29) is 18.6 Å². The molecule has 5 aromatic heterocycles. The van der Waals surface area contributed by atoms with Gasteiger partial charge in [0.25, 0.3) is 11.5 Å². The van der Waals surface area contributed by atoms with Crippen LogP contribution in [0.3, 0.4) is 0 Å². The first-order chi connectivity index (χ1) is 16.4. The fourth-order valence-electron chi connectivity index (χ4n) is 4.21. The number of hydrogen-bond acceptors (Lipinski definition) is 8. The predicted molar refractivity (Wildman–Crippen MR) is 124 cm³/mol. The van der Waals surface area contributed by atoms with E-state index in [2.05, 4.69) is 25.4 Å². The molecular formula is C22H19F2N7O2S. The van der Waals surface area contributed by atoms with Crippen LogP contribution in [-0.4, -0.2) is 66.7 Å². The second-order valence-electron chi connectivity index (χ2n) is 8.35. The van der Waals surface area contributed by atoms with E-state index in [0.29, 0.717) is 45.4 Å². The largest absolute Gasteiger partial charge is 0.374 e. The van der Waals surface area contributed by atoms with Gasteiger partial charge in [0, 0.05) is 43.4 Å². The number of fused-ring (bicyclic) bond motifs is 5. The number of H-pyrrole nitrogens is 1. The van der Waals surface area contributed by atoms with Crippen LogP contribution in [0.1, 0.15) is 11.8 Å². The summed E-state index contributed by atoms with van der Waals surface area (Å²) in [5.74, 6) is -2.61. The lowest BCUT2D eigenvalue weighted by Crippen LogP contribution is -2.57. The molecule has 1 unspecified atom stereocenters. The molecule has 1 saturated heterocycles. The normalized spacial score (nSPS) is 16.9. The highest BCUT2D eigenvalue weighted by atomic mass is 32.1. The maximum atomic E-state index is 12.9. The van der Waals surface area contributed by atoms with Crippen LogP contribution < -0.4 is 10.9 Å². The Morgan fingerprint density at radius 3 is 2.82 bits per heavy atom. The zero-order valence-electron chi connectivity index (χ0n) is 17.7. The first-order valence-electron chi connectivity index (χ1n) is 10.6. The molecular weight excluding hydrogens is 464 g/mol. The van der Waals surface area contributed by atoms with E-state index >= 15 is 0 Å². The van der Waals surface area contributed by atoms with Gasteiger partial charge in [0.15, 0.2) is 0 Å². The summed E-state index contributed by atoms with van der Waals surface area (Å²) >= 11 is 1.46. The molecule has 0 radical (unpaired) electrons. The number of halogens is 2. The van der Waals surface area contributed by atoms with Gasteiger partial charge < -0.3 is 10.1 Å². The van der Waals surface area contributed by atoms with Crippen LogP contribution in [0.4, 0.5) is 8.78 Å². The monoisotopic (exact) mass is 483 g/mol. The molecule has 0 aromatic carbocycles. The molecule has 12 heteroatoms. The molecule has 0 amide bonds. The highest BCUT2D eigenvalue weighted by Gasteiger charge is 2.43. The van der Waals surface area contributed by atoms with Crippen LogP contribution in [0.15, 0.2) is 47.8 Å². The third kappa shape index (κ3) is 3.64. The van der Waals surface area contributed by atoms with E-state index in [1.54, 1.807) is 27.9 Å². The van der Waals surface area contributed by atoms with Gasteiger partial charge in [-0.1, -0.05) is 0 Å². The van der Waals surface area contributed by atoms with Gasteiger partial charge in [-0.3, -0.25) is 25.0 Å². The Morgan fingerprint density at radius 2 is 2.06 bits per heavy atom. The van der Waals surface area contributed by atoms with E-state index in [9.17, 15) is 18.7 Å². The average Bonchev–Trinajstić information content (AvgIpc) is 3.36. The Bertz CT molecular complexity index is 1570. The topological polar surface area (TPSA) is 111 Å². The molecule has 34 heavy (non-hydrogen) atoms. The van der Waals surface area contributed by atoms with Crippen molar-refractivity contribution in [2.24, 2.45) is 0 Å². The molecule has 6 rings (SSSR count). The second-order valence-corrected chi connectivity index (χ2v) is 9.38. The Hall–Kier alpha value is -3.32.